The fourth-order valence-corrected chi connectivity index (χ4v) is 3.70. The van der Waals surface area contributed by atoms with Gasteiger partial charge in [0.2, 0.25) is 0 Å². The summed E-state index contributed by atoms with van der Waals surface area (Å²) < 4.78 is 6.96. The maximum atomic E-state index is 13.2. The van der Waals surface area contributed by atoms with Crippen LogP contribution in [0.15, 0.2) is 60.9 Å². The van der Waals surface area contributed by atoms with Crippen LogP contribution in [0.4, 0.5) is 0 Å². The van der Waals surface area contributed by atoms with E-state index in [-0.39, 0.29) is 12.5 Å². The molecule has 1 aliphatic heterocycles. The highest BCUT2D eigenvalue weighted by Gasteiger charge is 2.38. The van der Waals surface area contributed by atoms with Gasteiger partial charge in [0.15, 0.2) is 0 Å². The molecule has 0 saturated carbocycles. The standard InChI is InChI=1S/C23H20N4O3/c1-30-23(29)20-11-19-21(26(15-25-19)13-17-5-3-2-4-6-17)14-27(20)22(28)18-9-7-16(12-24)8-10-18/h2-10,15,20H,11,13-14H2,1H3/t20-/m0/s1. The Morgan fingerprint density at radius 1 is 1.17 bits per heavy atom. The van der Waals surface area contributed by atoms with Gasteiger partial charge >= 0.3 is 5.97 Å². The zero-order valence-electron chi connectivity index (χ0n) is 16.5. The maximum Gasteiger partial charge on any atom is 0.329 e. The van der Waals surface area contributed by atoms with Crippen molar-refractivity contribution in [3.8, 4) is 6.07 Å². The topological polar surface area (TPSA) is 88.2 Å². The second kappa shape index (κ2) is 8.21. The van der Waals surface area contributed by atoms with Crippen molar-refractivity contribution in [1.82, 2.24) is 14.5 Å². The summed E-state index contributed by atoms with van der Waals surface area (Å²) in [5, 5.41) is 8.98. The Hall–Kier alpha value is -3.92. The Kier molecular flexibility index (Phi) is 5.31. The lowest BCUT2D eigenvalue weighted by molar-refractivity contribution is -0.146. The van der Waals surface area contributed by atoms with Crippen molar-refractivity contribution in [3.63, 3.8) is 0 Å². The zero-order chi connectivity index (χ0) is 21.1. The van der Waals surface area contributed by atoms with E-state index in [1.807, 2.05) is 41.0 Å². The van der Waals surface area contributed by atoms with E-state index in [1.54, 1.807) is 30.6 Å². The summed E-state index contributed by atoms with van der Waals surface area (Å²) in [4.78, 5) is 31.7. The van der Waals surface area contributed by atoms with Crippen LogP contribution in [0.5, 0.6) is 0 Å². The molecule has 0 fully saturated rings. The number of carbonyl (C=O) groups excluding carboxylic acids is 2. The van der Waals surface area contributed by atoms with Crippen LogP contribution in [0, 0.1) is 11.3 Å². The molecule has 0 saturated heterocycles. The van der Waals surface area contributed by atoms with Crippen LogP contribution < -0.4 is 0 Å². The molecule has 1 aromatic heterocycles. The van der Waals surface area contributed by atoms with Gasteiger partial charge in [-0.15, -0.1) is 0 Å². The Balaban J connectivity index is 1.66. The second-order valence-corrected chi connectivity index (χ2v) is 7.12. The van der Waals surface area contributed by atoms with E-state index in [4.69, 9.17) is 10.00 Å². The summed E-state index contributed by atoms with van der Waals surface area (Å²) in [5.41, 5.74) is 3.71. The lowest BCUT2D eigenvalue weighted by Gasteiger charge is -2.34. The Bertz CT molecular complexity index is 1110. The molecule has 0 N–H and O–H groups in total. The van der Waals surface area contributed by atoms with Crippen molar-refractivity contribution in [3.05, 3.63) is 89.0 Å². The first kappa shape index (κ1) is 19.4. The van der Waals surface area contributed by atoms with Crippen LogP contribution in [-0.4, -0.2) is 39.5 Å². The number of hydrogen-bond donors (Lipinski definition) is 0. The summed E-state index contributed by atoms with van der Waals surface area (Å²) >= 11 is 0. The molecule has 30 heavy (non-hydrogen) atoms. The van der Waals surface area contributed by atoms with Gasteiger partial charge in [-0.3, -0.25) is 4.79 Å². The molecule has 2 heterocycles. The van der Waals surface area contributed by atoms with Crippen LogP contribution in [0.1, 0.15) is 32.9 Å². The first-order valence-corrected chi connectivity index (χ1v) is 9.56. The Labute approximate surface area is 174 Å². The maximum absolute atomic E-state index is 13.2. The fraction of sp³-hybridized carbons (Fsp3) is 0.217. The summed E-state index contributed by atoms with van der Waals surface area (Å²) in [7, 11) is 1.32. The third kappa shape index (κ3) is 3.67. The minimum Gasteiger partial charge on any atom is -0.467 e. The fourth-order valence-electron chi connectivity index (χ4n) is 3.70. The number of carbonyl (C=O) groups is 2. The molecule has 7 nitrogen and oxygen atoms in total. The molecule has 150 valence electrons. The van der Waals surface area contributed by atoms with Crippen molar-refractivity contribution in [2.75, 3.05) is 7.11 Å². The molecule has 0 unspecified atom stereocenters. The summed E-state index contributed by atoms with van der Waals surface area (Å²) in [6.45, 7) is 0.881. The molecular formula is C23H20N4O3. The number of fused-ring (bicyclic) bond motifs is 1. The van der Waals surface area contributed by atoms with Gasteiger partial charge in [-0.2, -0.15) is 5.26 Å². The lowest BCUT2D eigenvalue weighted by Crippen LogP contribution is -2.49. The minimum atomic E-state index is -0.745. The molecule has 2 aromatic carbocycles. The average Bonchev–Trinajstić information content (AvgIpc) is 3.19. The third-order valence-corrected chi connectivity index (χ3v) is 5.31. The molecule has 1 amide bonds. The van der Waals surface area contributed by atoms with Crippen LogP contribution in [0.3, 0.4) is 0 Å². The van der Waals surface area contributed by atoms with Gasteiger partial charge in [0.05, 0.1) is 43.0 Å². The van der Waals surface area contributed by atoms with Gasteiger partial charge in [0, 0.05) is 18.5 Å². The van der Waals surface area contributed by atoms with Gasteiger partial charge in [0.1, 0.15) is 6.04 Å². The molecule has 0 radical (unpaired) electrons. The highest BCUT2D eigenvalue weighted by Crippen LogP contribution is 2.26. The number of esters is 1. The van der Waals surface area contributed by atoms with E-state index >= 15 is 0 Å². The number of aromatic nitrogens is 2. The molecule has 0 bridgehead atoms. The van der Waals surface area contributed by atoms with E-state index < -0.39 is 12.0 Å². The normalized spacial score (nSPS) is 15.2. The molecule has 0 spiro atoms. The first-order chi connectivity index (χ1) is 14.6. The molecule has 1 aliphatic rings. The number of methoxy groups -OCH3 is 1. The number of benzene rings is 2. The van der Waals surface area contributed by atoms with Crippen LogP contribution >= 0.6 is 0 Å². The van der Waals surface area contributed by atoms with Crippen LogP contribution in [0.25, 0.3) is 0 Å². The van der Waals surface area contributed by atoms with Gasteiger partial charge in [-0.05, 0) is 29.8 Å². The number of amides is 1. The lowest BCUT2D eigenvalue weighted by atomic mass is 10.0. The molecule has 0 aliphatic carbocycles. The second-order valence-electron chi connectivity index (χ2n) is 7.12. The van der Waals surface area contributed by atoms with Gasteiger partial charge < -0.3 is 14.2 Å². The van der Waals surface area contributed by atoms with Crippen molar-refractivity contribution < 1.29 is 14.3 Å². The SMILES string of the molecule is COC(=O)[C@@H]1Cc2ncn(Cc3ccccc3)c2CN1C(=O)c1ccc(C#N)cc1. The molecule has 3 aromatic rings. The highest BCUT2D eigenvalue weighted by atomic mass is 16.5. The predicted molar refractivity (Wildman–Crippen MR) is 108 cm³/mol. The molecule has 4 rings (SSSR count). The molecule has 7 heteroatoms. The molecular weight excluding hydrogens is 380 g/mol. The Morgan fingerprint density at radius 2 is 1.90 bits per heavy atom. The van der Waals surface area contributed by atoms with E-state index in [2.05, 4.69) is 4.98 Å². The van der Waals surface area contributed by atoms with Crippen molar-refractivity contribution >= 4 is 11.9 Å². The number of hydrogen-bond acceptors (Lipinski definition) is 5. The van der Waals surface area contributed by atoms with Gasteiger partial charge in [-0.25, -0.2) is 9.78 Å². The van der Waals surface area contributed by atoms with Crippen LogP contribution in [-0.2, 0) is 29.0 Å². The zero-order valence-corrected chi connectivity index (χ0v) is 16.5. The Morgan fingerprint density at radius 3 is 2.57 bits per heavy atom. The minimum absolute atomic E-state index is 0.251. The summed E-state index contributed by atoms with van der Waals surface area (Å²) in [5.74, 6) is -0.756. The monoisotopic (exact) mass is 400 g/mol. The van der Waals surface area contributed by atoms with Crippen molar-refractivity contribution in [2.45, 2.75) is 25.6 Å². The van der Waals surface area contributed by atoms with E-state index in [1.165, 1.54) is 12.0 Å². The van der Waals surface area contributed by atoms with Crippen molar-refractivity contribution in [1.29, 1.82) is 5.26 Å². The third-order valence-electron chi connectivity index (χ3n) is 5.31. The quantitative estimate of drug-likeness (QED) is 0.628. The summed E-state index contributed by atoms with van der Waals surface area (Å²) in [6, 6.07) is 17.7. The van der Waals surface area contributed by atoms with E-state index in [0.717, 1.165) is 17.0 Å². The number of nitrogens with zero attached hydrogens (tertiary/aromatic N) is 4. The highest BCUT2D eigenvalue weighted by molar-refractivity contribution is 5.97. The largest absolute Gasteiger partial charge is 0.467 e. The molecule has 1 atom stereocenters. The first-order valence-electron chi connectivity index (χ1n) is 9.56. The van der Waals surface area contributed by atoms with Gasteiger partial charge in [0.25, 0.3) is 5.91 Å². The van der Waals surface area contributed by atoms with Crippen molar-refractivity contribution in [2.24, 2.45) is 0 Å². The number of imidazole rings is 1. The number of ether oxygens (including phenoxy) is 1. The smallest absolute Gasteiger partial charge is 0.329 e. The average molecular weight is 400 g/mol. The summed E-state index contributed by atoms with van der Waals surface area (Å²) in [6.07, 6.45) is 2.05. The number of nitriles is 1. The van der Waals surface area contributed by atoms with E-state index in [9.17, 15) is 9.59 Å². The van der Waals surface area contributed by atoms with Gasteiger partial charge in [-0.1, -0.05) is 30.3 Å². The van der Waals surface area contributed by atoms with Crippen LogP contribution in [0.2, 0.25) is 0 Å². The predicted octanol–water partition coefficient (Wildman–Crippen LogP) is 2.54. The number of rotatable bonds is 4. The van der Waals surface area contributed by atoms with E-state index in [0.29, 0.717) is 24.1 Å².